The number of thiophene rings is 1. The van der Waals surface area contributed by atoms with Crippen LogP contribution in [0.1, 0.15) is 27.9 Å². The first kappa shape index (κ1) is 15.0. The molecule has 0 bridgehead atoms. The second-order valence-corrected chi connectivity index (χ2v) is 5.57. The Morgan fingerprint density at radius 1 is 1.48 bits per heavy atom. The molecule has 8 nitrogen and oxygen atoms in total. The monoisotopic (exact) mass is 331 g/mol. The molecule has 2 amide bonds. The maximum absolute atomic E-state index is 12.3. The maximum Gasteiger partial charge on any atom is 0.277 e. The number of hydrogen-bond acceptors (Lipinski definition) is 6. The van der Waals surface area contributed by atoms with Gasteiger partial charge in [-0.15, -0.1) is 11.3 Å². The van der Waals surface area contributed by atoms with E-state index in [4.69, 9.17) is 10.3 Å². The van der Waals surface area contributed by atoms with Gasteiger partial charge in [-0.25, -0.2) is 0 Å². The SMILES string of the molecule is CCn1cc(NC(=O)c2cc(-c3cccs3)on2)c(C(N)=O)n1. The van der Waals surface area contributed by atoms with Crippen molar-refractivity contribution in [3.63, 3.8) is 0 Å². The lowest BCUT2D eigenvalue weighted by Crippen LogP contribution is -2.18. The summed E-state index contributed by atoms with van der Waals surface area (Å²) in [5, 5.41) is 12.2. The molecule has 0 aliphatic heterocycles. The summed E-state index contributed by atoms with van der Waals surface area (Å²) in [4.78, 5) is 24.5. The van der Waals surface area contributed by atoms with Crippen LogP contribution in [0.4, 0.5) is 5.69 Å². The van der Waals surface area contributed by atoms with Crippen LogP contribution in [0.5, 0.6) is 0 Å². The Kier molecular flexibility index (Phi) is 3.94. The fourth-order valence-corrected chi connectivity index (χ4v) is 2.63. The van der Waals surface area contributed by atoms with E-state index in [0.717, 1.165) is 4.88 Å². The van der Waals surface area contributed by atoms with E-state index in [1.165, 1.54) is 28.3 Å². The third kappa shape index (κ3) is 2.99. The van der Waals surface area contributed by atoms with Gasteiger partial charge in [0.05, 0.1) is 10.6 Å². The fourth-order valence-electron chi connectivity index (χ4n) is 1.96. The van der Waals surface area contributed by atoms with E-state index in [-0.39, 0.29) is 17.1 Å². The van der Waals surface area contributed by atoms with E-state index in [2.05, 4.69) is 15.6 Å². The topological polar surface area (TPSA) is 116 Å². The van der Waals surface area contributed by atoms with Crippen molar-refractivity contribution >= 4 is 28.8 Å². The van der Waals surface area contributed by atoms with Gasteiger partial charge in [0.1, 0.15) is 0 Å². The third-order valence-corrected chi connectivity index (χ3v) is 3.96. The van der Waals surface area contributed by atoms with Gasteiger partial charge < -0.3 is 15.6 Å². The van der Waals surface area contributed by atoms with Gasteiger partial charge >= 0.3 is 0 Å². The van der Waals surface area contributed by atoms with Crippen molar-refractivity contribution in [3.05, 3.63) is 41.2 Å². The Morgan fingerprint density at radius 3 is 2.96 bits per heavy atom. The minimum Gasteiger partial charge on any atom is -0.364 e. The third-order valence-electron chi connectivity index (χ3n) is 3.07. The molecule has 0 aliphatic rings. The summed E-state index contributed by atoms with van der Waals surface area (Å²) in [5.41, 5.74) is 5.61. The van der Waals surface area contributed by atoms with E-state index >= 15 is 0 Å². The van der Waals surface area contributed by atoms with Crippen molar-refractivity contribution in [2.45, 2.75) is 13.5 Å². The molecule has 0 aliphatic carbocycles. The summed E-state index contributed by atoms with van der Waals surface area (Å²) in [5.74, 6) is -0.717. The number of aromatic nitrogens is 3. The second kappa shape index (κ2) is 6.05. The molecule has 3 rings (SSSR count). The number of amides is 2. The van der Waals surface area contributed by atoms with Gasteiger partial charge in [-0.3, -0.25) is 14.3 Å². The van der Waals surface area contributed by atoms with Crippen molar-refractivity contribution in [2.24, 2.45) is 5.73 Å². The highest BCUT2D eigenvalue weighted by molar-refractivity contribution is 7.13. The van der Waals surface area contributed by atoms with E-state index < -0.39 is 11.8 Å². The summed E-state index contributed by atoms with van der Waals surface area (Å²) in [6, 6.07) is 5.28. The largest absolute Gasteiger partial charge is 0.364 e. The minimum atomic E-state index is -0.716. The van der Waals surface area contributed by atoms with Crippen molar-refractivity contribution in [1.29, 1.82) is 0 Å². The van der Waals surface area contributed by atoms with Crippen LogP contribution in [-0.2, 0) is 6.54 Å². The van der Waals surface area contributed by atoms with Gasteiger partial charge in [0, 0.05) is 18.8 Å². The number of nitrogens with zero attached hydrogens (tertiary/aromatic N) is 3. The molecule has 9 heteroatoms. The maximum atomic E-state index is 12.3. The Hall–Kier alpha value is -2.94. The summed E-state index contributed by atoms with van der Waals surface area (Å²) in [6.07, 6.45) is 1.54. The molecule has 0 saturated carbocycles. The zero-order valence-corrected chi connectivity index (χ0v) is 13.0. The van der Waals surface area contributed by atoms with Gasteiger partial charge in [0.15, 0.2) is 17.1 Å². The van der Waals surface area contributed by atoms with Crippen LogP contribution in [0.15, 0.2) is 34.3 Å². The molecule has 3 aromatic rings. The van der Waals surface area contributed by atoms with Gasteiger partial charge in [0.2, 0.25) is 0 Å². The van der Waals surface area contributed by atoms with E-state index in [9.17, 15) is 9.59 Å². The zero-order valence-electron chi connectivity index (χ0n) is 12.1. The number of anilines is 1. The number of nitrogens with two attached hydrogens (primary N) is 1. The Bertz CT molecular complexity index is 850. The standard InChI is InChI=1S/C14H13N5O3S/c1-2-19-7-9(12(17-19)13(15)20)16-14(21)8-6-10(22-18-8)11-4-3-5-23-11/h3-7H,2H2,1H3,(H2,15,20)(H,16,21). The lowest BCUT2D eigenvalue weighted by Gasteiger charge is -1.99. The number of nitrogens with one attached hydrogen (secondary N) is 1. The number of primary amides is 1. The molecule has 0 atom stereocenters. The summed E-state index contributed by atoms with van der Waals surface area (Å²) < 4.78 is 6.67. The molecule has 23 heavy (non-hydrogen) atoms. The van der Waals surface area contributed by atoms with Crippen molar-refractivity contribution in [3.8, 4) is 10.6 Å². The lowest BCUT2D eigenvalue weighted by molar-refractivity contribution is 0.0995. The first-order chi connectivity index (χ1) is 11.1. The predicted octanol–water partition coefficient (Wildman–Crippen LogP) is 1.97. The number of carbonyl (C=O) groups excluding carboxylic acids is 2. The normalized spacial score (nSPS) is 10.7. The van der Waals surface area contributed by atoms with Crippen LogP contribution >= 0.6 is 11.3 Å². The molecular formula is C14H13N5O3S. The molecule has 0 unspecified atom stereocenters. The molecule has 3 heterocycles. The fraction of sp³-hybridized carbons (Fsp3) is 0.143. The molecule has 0 saturated heterocycles. The zero-order chi connectivity index (χ0) is 16.4. The Morgan fingerprint density at radius 2 is 2.30 bits per heavy atom. The molecular weight excluding hydrogens is 318 g/mol. The lowest BCUT2D eigenvalue weighted by atomic mass is 10.3. The van der Waals surface area contributed by atoms with Gasteiger partial charge in [-0.05, 0) is 18.4 Å². The van der Waals surface area contributed by atoms with Gasteiger partial charge in [-0.2, -0.15) is 5.10 Å². The van der Waals surface area contributed by atoms with Crippen LogP contribution in [0, 0.1) is 0 Å². The van der Waals surface area contributed by atoms with E-state index in [1.807, 2.05) is 24.4 Å². The van der Waals surface area contributed by atoms with Crippen molar-refractivity contribution in [2.75, 3.05) is 5.32 Å². The molecule has 0 aromatic carbocycles. The van der Waals surface area contributed by atoms with Gasteiger partial charge in [-0.1, -0.05) is 11.2 Å². The summed E-state index contributed by atoms with van der Waals surface area (Å²) >= 11 is 1.48. The molecule has 0 spiro atoms. The smallest absolute Gasteiger partial charge is 0.277 e. The highest BCUT2D eigenvalue weighted by Crippen LogP contribution is 2.25. The highest BCUT2D eigenvalue weighted by Gasteiger charge is 2.19. The van der Waals surface area contributed by atoms with Crippen LogP contribution in [0.25, 0.3) is 10.6 Å². The van der Waals surface area contributed by atoms with Crippen molar-refractivity contribution in [1.82, 2.24) is 14.9 Å². The molecule has 0 fully saturated rings. The van der Waals surface area contributed by atoms with Crippen LogP contribution < -0.4 is 11.1 Å². The molecule has 3 N–H and O–H groups in total. The predicted molar refractivity (Wildman–Crippen MR) is 84.2 cm³/mol. The minimum absolute atomic E-state index is 0.00201. The average molecular weight is 331 g/mol. The number of carbonyl (C=O) groups is 2. The van der Waals surface area contributed by atoms with E-state index in [0.29, 0.717) is 12.3 Å². The number of hydrogen-bond donors (Lipinski definition) is 2. The number of rotatable bonds is 5. The number of aryl methyl sites for hydroxylation is 1. The summed E-state index contributed by atoms with van der Waals surface area (Å²) in [6.45, 7) is 2.40. The average Bonchev–Trinajstić information content (AvgIpc) is 3.26. The first-order valence-electron chi connectivity index (χ1n) is 6.77. The highest BCUT2D eigenvalue weighted by atomic mass is 32.1. The first-order valence-corrected chi connectivity index (χ1v) is 7.65. The molecule has 0 radical (unpaired) electrons. The van der Waals surface area contributed by atoms with Crippen LogP contribution in [0.3, 0.4) is 0 Å². The van der Waals surface area contributed by atoms with Gasteiger partial charge in [0.25, 0.3) is 11.8 Å². The van der Waals surface area contributed by atoms with Crippen LogP contribution in [0.2, 0.25) is 0 Å². The quantitative estimate of drug-likeness (QED) is 0.741. The summed E-state index contributed by atoms with van der Waals surface area (Å²) in [7, 11) is 0. The van der Waals surface area contributed by atoms with Crippen LogP contribution in [-0.4, -0.2) is 26.8 Å². The Labute approximate surface area is 134 Å². The molecule has 3 aromatic heterocycles. The second-order valence-electron chi connectivity index (χ2n) is 4.62. The van der Waals surface area contributed by atoms with E-state index in [1.54, 1.807) is 0 Å². The molecule has 118 valence electrons. The van der Waals surface area contributed by atoms with Crippen molar-refractivity contribution < 1.29 is 14.1 Å². The Balaban J connectivity index is 1.82.